The first kappa shape index (κ1) is 21.8. The normalized spacial score (nSPS) is 16.2. The molecule has 0 bridgehead atoms. The number of carbonyl (C=O) groups is 1. The summed E-state index contributed by atoms with van der Waals surface area (Å²) in [5.74, 6) is 0.372. The summed E-state index contributed by atoms with van der Waals surface area (Å²) in [4.78, 5) is 28.3. The van der Waals surface area contributed by atoms with E-state index in [1.807, 2.05) is 43.3 Å². The van der Waals surface area contributed by atoms with E-state index in [1.165, 1.54) is 0 Å². The van der Waals surface area contributed by atoms with Crippen LogP contribution in [0.15, 0.2) is 53.3 Å². The van der Waals surface area contributed by atoms with Crippen molar-refractivity contribution in [2.75, 3.05) is 26.7 Å². The minimum atomic E-state index is -0.347. The van der Waals surface area contributed by atoms with Gasteiger partial charge in [0.15, 0.2) is 5.69 Å². The van der Waals surface area contributed by atoms with Gasteiger partial charge in [-0.2, -0.15) is 5.10 Å². The molecule has 0 saturated carbocycles. The molecule has 1 atom stereocenters. The number of rotatable bonds is 4. The van der Waals surface area contributed by atoms with Crippen LogP contribution < -0.4 is 15.5 Å². The number of aromatic nitrogens is 2. The number of amides is 1. The highest BCUT2D eigenvalue weighted by Gasteiger charge is 2.32. The molecule has 0 spiro atoms. The van der Waals surface area contributed by atoms with Gasteiger partial charge in [-0.15, -0.1) is 12.4 Å². The third kappa shape index (κ3) is 3.78. The van der Waals surface area contributed by atoms with Crippen LogP contribution in [0, 0.1) is 0 Å². The fourth-order valence-corrected chi connectivity index (χ4v) is 3.92. The maximum atomic E-state index is 13.5. The van der Waals surface area contributed by atoms with Gasteiger partial charge in [-0.3, -0.25) is 14.3 Å². The Morgan fingerprint density at radius 1 is 1.20 bits per heavy atom. The number of para-hydroxylation sites is 2. The number of nitrogens with one attached hydrogen (secondary N) is 1. The summed E-state index contributed by atoms with van der Waals surface area (Å²) in [7, 11) is 1.62. The Hall–Kier alpha value is -2.90. The predicted octanol–water partition coefficient (Wildman–Crippen LogP) is 2.63. The highest BCUT2D eigenvalue weighted by molar-refractivity contribution is 5.95. The highest BCUT2D eigenvalue weighted by atomic mass is 35.5. The molecule has 1 fully saturated rings. The van der Waals surface area contributed by atoms with Crippen molar-refractivity contribution in [1.29, 1.82) is 0 Å². The molecule has 4 rings (SSSR count). The van der Waals surface area contributed by atoms with Gasteiger partial charge in [-0.05, 0) is 25.1 Å². The minimum Gasteiger partial charge on any atom is -0.496 e. The van der Waals surface area contributed by atoms with E-state index >= 15 is 0 Å². The Kier molecular flexibility index (Phi) is 6.74. The topological polar surface area (TPSA) is 76.5 Å². The number of nitrogens with zero attached hydrogens (tertiary/aromatic N) is 3. The van der Waals surface area contributed by atoms with Gasteiger partial charge in [0, 0.05) is 37.1 Å². The quantitative estimate of drug-likeness (QED) is 0.691. The number of hydrogen-bond donors (Lipinski definition) is 1. The van der Waals surface area contributed by atoms with Gasteiger partial charge in [-0.1, -0.05) is 30.3 Å². The van der Waals surface area contributed by atoms with Crippen molar-refractivity contribution in [2.24, 2.45) is 0 Å². The van der Waals surface area contributed by atoms with Crippen molar-refractivity contribution in [1.82, 2.24) is 20.0 Å². The zero-order valence-electron chi connectivity index (χ0n) is 17.0. The van der Waals surface area contributed by atoms with Crippen molar-refractivity contribution < 1.29 is 9.53 Å². The summed E-state index contributed by atoms with van der Waals surface area (Å²) < 4.78 is 7.22. The molecule has 0 radical (unpaired) electrons. The highest BCUT2D eigenvalue weighted by Crippen LogP contribution is 2.30. The number of carbonyl (C=O) groups excluding carboxylic acids is 1. The second kappa shape index (κ2) is 9.28. The third-order valence-corrected chi connectivity index (χ3v) is 5.37. The SMILES string of the molecule is CCn1nc(C(=O)N2CCNCC2c2ccccc2OC)c(=O)c2ccccc21.Cl. The van der Waals surface area contributed by atoms with Gasteiger partial charge < -0.3 is 15.0 Å². The van der Waals surface area contributed by atoms with Crippen LogP contribution >= 0.6 is 12.4 Å². The van der Waals surface area contributed by atoms with Crippen molar-refractivity contribution in [3.05, 3.63) is 70.0 Å². The third-order valence-electron chi connectivity index (χ3n) is 5.37. The molecule has 2 heterocycles. The van der Waals surface area contributed by atoms with Gasteiger partial charge in [0.05, 0.1) is 18.7 Å². The Morgan fingerprint density at radius 3 is 2.70 bits per heavy atom. The van der Waals surface area contributed by atoms with Crippen LogP contribution in [0.1, 0.15) is 29.0 Å². The van der Waals surface area contributed by atoms with E-state index in [0.29, 0.717) is 31.6 Å². The fourth-order valence-electron chi connectivity index (χ4n) is 3.92. The molecule has 3 aromatic rings. The Balaban J connectivity index is 0.00000256. The molecule has 158 valence electrons. The molecular weight excluding hydrogens is 404 g/mol. The van der Waals surface area contributed by atoms with E-state index < -0.39 is 0 Å². The van der Waals surface area contributed by atoms with Crippen molar-refractivity contribution in [2.45, 2.75) is 19.5 Å². The molecule has 2 aromatic carbocycles. The first-order chi connectivity index (χ1) is 14.2. The number of piperazine rings is 1. The van der Waals surface area contributed by atoms with Gasteiger partial charge >= 0.3 is 0 Å². The summed E-state index contributed by atoms with van der Waals surface area (Å²) in [6.07, 6.45) is 0. The summed E-state index contributed by atoms with van der Waals surface area (Å²) in [6, 6.07) is 14.7. The van der Waals surface area contributed by atoms with Gasteiger partial charge in [0.2, 0.25) is 5.43 Å². The largest absolute Gasteiger partial charge is 0.496 e. The van der Waals surface area contributed by atoms with E-state index in [4.69, 9.17) is 4.74 Å². The Morgan fingerprint density at radius 2 is 1.93 bits per heavy atom. The lowest BCUT2D eigenvalue weighted by atomic mass is 10.0. The lowest BCUT2D eigenvalue weighted by molar-refractivity contribution is 0.0622. The Labute approximate surface area is 181 Å². The monoisotopic (exact) mass is 428 g/mol. The molecule has 7 nitrogen and oxygen atoms in total. The second-order valence-corrected chi connectivity index (χ2v) is 6.97. The van der Waals surface area contributed by atoms with Gasteiger partial charge in [0.1, 0.15) is 5.75 Å². The van der Waals surface area contributed by atoms with Crippen LogP contribution in [0.5, 0.6) is 5.75 Å². The van der Waals surface area contributed by atoms with Crippen LogP contribution in [0.2, 0.25) is 0 Å². The van der Waals surface area contributed by atoms with Crippen LogP contribution in [0.25, 0.3) is 10.9 Å². The number of aryl methyl sites for hydroxylation is 1. The molecule has 8 heteroatoms. The van der Waals surface area contributed by atoms with E-state index in [2.05, 4.69) is 10.4 Å². The van der Waals surface area contributed by atoms with Crippen LogP contribution in [-0.4, -0.2) is 47.3 Å². The van der Waals surface area contributed by atoms with E-state index in [1.54, 1.807) is 28.8 Å². The first-order valence-corrected chi connectivity index (χ1v) is 9.80. The molecule has 1 N–H and O–H groups in total. The molecule has 0 aliphatic carbocycles. The zero-order valence-corrected chi connectivity index (χ0v) is 17.8. The van der Waals surface area contributed by atoms with Crippen LogP contribution in [0.4, 0.5) is 0 Å². The summed E-state index contributed by atoms with van der Waals surface area (Å²) >= 11 is 0. The summed E-state index contributed by atoms with van der Waals surface area (Å²) in [5.41, 5.74) is 1.28. The van der Waals surface area contributed by atoms with E-state index in [0.717, 1.165) is 16.8 Å². The van der Waals surface area contributed by atoms with Gasteiger partial charge in [0.25, 0.3) is 5.91 Å². The maximum Gasteiger partial charge on any atom is 0.279 e. The number of methoxy groups -OCH3 is 1. The number of halogens is 1. The molecular formula is C22H25ClN4O3. The fraction of sp³-hybridized carbons (Fsp3) is 0.318. The standard InChI is InChI=1S/C22H24N4O3.ClH/c1-3-26-17-10-6-4-9-16(17)21(27)20(24-26)22(28)25-13-12-23-14-18(25)15-8-5-7-11-19(15)29-2;/h4-11,18,23H,3,12-14H2,1-2H3;1H. The molecule has 1 aliphatic rings. The van der Waals surface area contributed by atoms with Crippen LogP contribution in [-0.2, 0) is 6.54 Å². The molecule has 1 aliphatic heterocycles. The summed E-state index contributed by atoms with van der Waals surface area (Å²) in [5, 5.41) is 8.27. The maximum absolute atomic E-state index is 13.5. The lowest BCUT2D eigenvalue weighted by Crippen LogP contribution is -2.50. The number of fused-ring (bicyclic) bond motifs is 1. The molecule has 1 amide bonds. The smallest absolute Gasteiger partial charge is 0.279 e. The average molecular weight is 429 g/mol. The molecule has 1 unspecified atom stereocenters. The summed E-state index contributed by atoms with van der Waals surface area (Å²) in [6.45, 7) is 4.25. The average Bonchev–Trinajstić information content (AvgIpc) is 2.79. The predicted molar refractivity (Wildman–Crippen MR) is 119 cm³/mol. The minimum absolute atomic E-state index is 0. The molecule has 1 saturated heterocycles. The number of hydrogen-bond acceptors (Lipinski definition) is 5. The zero-order chi connectivity index (χ0) is 20.4. The first-order valence-electron chi connectivity index (χ1n) is 9.80. The number of benzene rings is 2. The number of ether oxygens (including phenoxy) is 1. The molecule has 30 heavy (non-hydrogen) atoms. The lowest BCUT2D eigenvalue weighted by Gasteiger charge is -2.36. The van der Waals surface area contributed by atoms with Crippen molar-refractivity contribution >= 4 is 29.2 Å². The van der Waals surface area contributed by atoms with Crippen molar-refractivity contribution in [3.63, 3.8) is 0 Å². The van der Waals surface area contributed by atoms with Crippen molar-refractivity contribution in [3.8, 4) is 5.75 Å². The molecule has 1 aromatic heterocycles. The van der Waals surface area contributed by atoms with Gasteiger partial charge in [-0.25, -0.2) is 0 Å². The Bertz CT molecular complexity index is 1110. The van der Waals surface area contributed by atoms with Crippen LogP contribution in [0.3, 0.4) is 0 Å². The van der Waals surface area contributed by atoms with E-state index in [9.17, 15) is 9.59 Å². The van der Waals surface area contributed by atoms with E-state index in [-0.39, 0.29) is 35.5 Å². The second-order valence-electron chi connectivity index (χ2n) is 6.97.